The Morgan fingerprint density at radius 3 is 2.07 bits per heavy atom. The van der Waals surface area contributed by atoms with E-state index >= 15 is 0 Å². The van der Waals surface area contributed by atoms with Crippen LogP contribution >= 0.6 is 0 Å². The number of nitrogens with one attached hydrogen (secondary N) is 2. The minimum absolute atomic E-state index is 0.0254. The molecule has 1 heterocycles. The van der Waals surface area contributed by atoms with Gasteiger partial charge >= 0.3 is 5.69 Å². The molecule has 0 spiro atoms. The van der Waals surface area contributed by atoms with Gasteiger partial charge < -0.3 is 4.98 Å². The van der Waals surface area contributed by atoms with Crippen molar-refractivity contribution in [2.75, 3.05) is 14.1 Å². The minimum Gasteiger partial charge on any atom is -0.310 e. The van der Waals surface area contributed by atoms with Crippen LogP contribution < -0.4 is 11.2 Å². The zero-order chi connectivity index (χ0) is 11.8. The van der Waals surface area contributed by atoms with Gasteiger partial charge in [-0.25, -0.2) is 17.5 Å². The van der Waals surface area contributed by atoms with Gasteiger partial charge in [0.1, 0.15) is 0 Å². The van der Waals surface area contributed by atoms with Crippen LogP contribution in [0.5, 0.6) is 0 Å². The molecule has 0 aliphatic heterocycles. The summed E-state index contributed by atoms with van der Waals surface area (Å²) in [7, 11) is -1.23. The number of hydrogen-bond acceptors (Lipinski definition) is 4. The number of sulfonamides is 1. The van der Waals surface area contributed by atoms with Crippen LogP contribution in [0.25, 0.3) is 0 Å². The summed E-state index contributed by atoms with van der Waals surface area (Å²) >= 11 is 0. The van der Waals surface area contributed by atoms with Gasteiger partial charge in [-0.3, -0.25) is 9.78 Å². The maximum absolute atomic E-state index is 11.7. The molecule has 2 N–H and O–H groups in total. The highest BCUT2D eigenvalue weighted by molar-refractivity contribution is 7.89. The molecule has 1 aromatic rings. The molecule has 0 radical (unpaired) electrons. The number of hydrogen-bond donors (Lipinski definition) is 2. The molecule has 0 amide bonds. The SMILES string of the molecule is Cc1[nH]c(=O)[nH]c(=O)c1S(=O)(=O)N(C)C. The first-order valence-corrected chi connectivity index (χ1v) is 5.46. The maximum atomic E-state index is 11.7. The molecule has 15 heavy (non-hydrogen) atoms. The summed E-state index contributed by atoms with van der Waals surface area (Å²) in [5.74, 6) is 0. The largest absolute Gasteiger partial charge is 0.325 e. The van der Waals surface area contributed by atoms with E-state index in [2.05, 4.69) is 4.98 Å². The van der Waals surface area contributed by atoms with Crippen LogP contribution in [0.15, 0.2) is 14.5 Å². The zero-order valence-electron chi connectivity index (χ0n) is 8.49. The Morgan fingerprint density at radius 1 is 1.13 bits per heavy atom. The van der Waals surface area contributed by atoms with Crippen molar-refractivity contribution in [3.63, 3.8) is 0 Å². The summed E-state index contributed by atoms with van der Waals surface area (Å²) in [5, 5.41) is 0. The second-order valence-electron chi connectivity index (χ2n) is 3.15. The third kappa shape index (κ3) is 2.00. The van der Waals surface area contributed by atoms with E-state index in [0.717, 1.165) is 4.31 Å². The van der Waals surface area contributed by atoms with Gasteiger partial charge in [0.2, 0.25) is 10.0 Å². The van der Waals surface area contributed by atoms with Crippen LogP contribution in [0.4, 0.5) is 0 Å². The molecule has 0 saturated carbocycles. The van der Waals surface area contributed by atoms with E-state index in [-0.39, 0.29) is 5.69 Å². The van der Waals surface area contributed by atoms with Crippen LogP contribution in [0, 0.1) is 6.92 Å². The van der Waals surface area contributed by atoms with E-state index in [4.69, 9.17) is 0 Å². The molecule has 0 unspecified atom stereocenters. The molecule has 0 fully saturated rings. The average molecular weight is 233 g/mol. The minimum atomic E-state index is -3.84. The van der Waals surface area contributed by atoms with Gasteiger partial charge in [-0.15, -0.1) is 0 Å². The van der Waals surface area contributed by atoms with Crippen molar-refractivity contribution >= 4 is 10.0 Å². The average Bonchev–Trinajstić information content (AvgIpc) is 2.00. The lowest BCUT2D eigenvalue weighted by Gasteiger charge is -2.11. The molecular formula is C7H11N3O4S. The van der Waals surface area contributed by atoms with Crippen molar-refractivity contribution in [3.05, 3.63) is 26.5 Å². The fourth-order valence-corrected chi connectivity index (χ4v) is 2.17. The molecule has 0 saturated heterocycles. The van der Waals surface area contributed by atoms with Gasteiger partial charge in [0.15, 0.2) is 4.90 Å². The number of H-pyrrole nitrogens is 2. The first kappa shape index (κ1) is 11.7. The van der Waals surface area contributed by atoms with Crippen molar-refractivity contribution < 1.29 is 8.42 Å². The second-order valence-corrected chi connectivity index (χ2v) is 5.24. The van der Waals surface area contributed by atoms with Gasteiger partial charge in [-0.2, -0.15) is 0 Å². The predicted octanol–water partition coefficient (Wildman–Crippen LogP) is -1.38. The second kappa shape index (κ2) is 3.63. The molecule has 0 aliphatic carbocycles. The van der Waals surface area contributed by atoms with E-state index < -0.39 is 26.2 Å². The smallest absolute Gasteiger partial charge is 0.310 e. The van der Waals surface area contributed by atoms with E-state index in [9.17, 15) is 18.0 Å². The van der Waals surface area contributed by atoms with Crippen molar-refractivity contribution in [2.45, 2.75) is 11.8 Å². The lowest BCUT2D eigenvalue weighted by atomic mass is 10.4. The van der Waals surface area contributed by atoms with Gasteiger partial charge in [0.05, 0.1) is 0 Å². The van der Waals surface area contributed by atoms with Gasteiger partial charge in [0, 0.05) is 19.8 Å². The molecule has 7 nitrogen and oxygen atoms in total. The lowest BCUT2D eigenvalue weighted by Crippen LogP contribution is -2.34. The summed E-state index contributed by atoms with van der Waals surface area (Å²) in [6, 6.07) is 0. The van der Waals surface area contributed by atoms with Crippen LogP contribution in [0.1, 0.15) is 5.69 Å². The number of nitrogens with zero attached hydrogens (tertiary/aromatic N) is 1. The monoisotopic (exact) mass is 233 g/mol. The van der Waals surface area contributed by atoms with Crippen LogP contribution in [-0.4, -0.2) is 36.8 Å². The summed E-state index contributed by atoms with van der Waals surface area (Å²) in [4.78, 5) is 25.8. The first-order chi connectivity index (χ1) is 6.76. The molecule has 0 atom stereocenters. The van der Waals surface area contributed by atoms with Crippen molar-refractivity contribution in [3.8, 4) is 0 Å². The van der Waals surface area contributed by atoms with Gasteiger partial charge in [-0.05, 0) is 6.92 Å². The summed E-state index contributed by atoms with van der Waals surface area (Å²) in [6.07, 6.45) is 0. The maximum Gasteiger partial charge on any atom is 0.325 e. The molecule has 1 rings (SSSR count). The molecule has 8 heteroatoms. The highest BCUT2D eigenvalue weighted by atomic mass is 32.2. The van der Waals surface area contributed by atoms with E-state index in [1.807, 2.05) is 4.98 Å². The van der Waals surface area contributed by atoms with E-state index in [1.165, 1.54) is 21.0 Å². The van der Waals surface area contributed by atoms with Crippen LogP contribution in [0.2, 0.25) is 0 Å². The number of aryl methyl sites for hydroxylation is 1. The highest BCUT2D eigenvalue weighted by Gasteiger charge is 2.24. The van der Waals surface area contributed by atoms with Crippen LogP contribution in [-0.2, 0) is 10.0 Å². The quantitative estimate of drug-likeness (QED) is 0.657. The molecule has 0 bridgehead atoms. The number of aromatic nitrogens is 2. The predicted molar refractivity (Wildman–Crippen MR) is 53.3 cm³/mol. The van der Waals surface area contributed by atoms with Crippen LogP contribution in [0.3, 0.4) is 0 Å². The Balaban J connectivity index is 3.68. The van der Waals surface area contributed by atoms with Crippen molar-refractivity contribution in [1.82, 2.24) is 14.3 Å². The summed E-state index contributed by atoms with van der Waals surface area (Å²) in [6.45, 7) is 1.35. The van der Waals surface area contributed by atoms with E-state index in [0.29, 0.717) is 0 Å². The molecule has 0 aromatic carbocycles. The third-order valence-electron chi connectivity index (χ3n) is 1.81. The van der Waals surface area contributed by atoms with Crippen molar-refractivity contribution in [2.24, 2.45) is 0 Å². The van der Waals surface area contributed by atoms with Crippen molar-refractivity contribution in [1.29, 1.82) is 0 Å². The van der Waals surface area contributed by atoms with E-state index in [1.54, 1.807) is 0 Å². The summed E-state index contributed by atoms with van der Waals surface area (Å²) < 4.78 is 24.2. The Kier molecular flexibility index (Phi) is 2.82. The van der Waals surface area contributed by atoms with Gasteiger partial charge in [0.25, 0.3) is 5.56 Å². The lowest BCUT2D eigenvalue weighted by molar-refractivity contribution is 0.517. The third-order valence-corrected chi connectivity index (χ3v) is 3.78. The topological polar surface area (TPSA) is 103 Å². The molecule has 0 aliphatic rings. The highest BCUT2D eigenvalue weighted by Crippen LogP contribution is 2.09. The Morgan fingerprint density at radius 2 is 1.67 bits per heavy atom. The molecule has 84 valence electrons. The zero-order valence-corrected chi connectivity index (χ0v) is 9.30. The fourth-order valence-electron chi connectivity index (χ4n) is 1.08. The molecule has 1 aromatic heterocycles. The van der Waals surface area contributed by atoms with Gasteiger partial charge in [-0.1, -0.05) is 0 Å². The first-order valence-electron chi connectivity index (χ1n) is 4.02. The normalized spacial score (nSPS) is 12.0. The fraction of sp³-hybridized carbons (Fsp3) is 0.429. The molecular weight excluding hydrogens is 222 g/mol. The number of rotatable bonds is 2. The Labute approximate surface area is 85.8 Å². The Hall–Kier alpha value is -1.41. The summed E-state index contributed by atoms with van der Waals surface area (Å²) in [5.41, 5.74) is -1.61. The Bertz CT molecular complexity index is 581. The standard InChI is InChI=1S/C7H11N3O4S/c1-4-5(15(13,14)10(2)3)6(11)9-7(12)8-4/h1-3H3,(H2,8,9,11,12). The number of aromatic amines is 2.